The second kappa shape index (κ2) is 7.53. The molecule has 0 heterocycles. The van der Waals surface area contributed by atoms with Gasteiger partial charge in [0.1, 0.15) is 5.82 Å². The maximum absolute atomic E-state index is 13.2. The van der Waals surface area contributed by atoms with E-state index in [1.54, 1.807) is 13.2 Å². The molecule has 3 nitrogen and oxygen atoms in total. The fourth-order valence-electron chi connectivity index (χ4n) is 2.02. The molecule has 0 radical (unpaired) electrons. The lowest BCUT2D eigenvalue weighted by Crippen LogP contribution is -2.05. The van der Waals surface area contributed by atoms with Crippen LogP contribution in [-0.4, -0.2) is 13.7 Å². The molecule has 0 aliphatic heterocycles. The zero-order valence-corrected chi connectivity index (χ0v) is 12.4. The number of nitrogens with one attached hydrogen (secondary N) is 1. The van der Waals surface area contributed by atoms with Gasteiger partial charge in [0.05, 0.1) is 13.7 Å². The van der Waals surface area contributed by atoms with E-state index in [4.69, 9.17) is 9.47 Å². The molecule has 0 saturated carbocycles. The Bertz CT molecular complexity index is 587. The van der Waals surface area contributed by atoms with Crippen molar-refractivity contribution in [3.05, 3.63) is 53.8 Å². The van der Waals surface area contributed by atoms with Crippen LogP contribution in [0.3, 0.4) is 0 Å². The van der Waals surface area contributed by atoms with Crippen molar-refractivity contribution in [1.29, 1.82) is 0 Å². The Hall–Kier alpha value is -2.23. The summed E-state index contributed by atoms with van der Waals surface area (Å²) >= 11 is 0. The number of hydrogen-bond donors (Lipinski definition) is 1. The van der Waals surface area contributed by atoms with E-state index in [2.05, 4.69) is 12.2 Å². The second-order valence-electron chi connectivity index (χ2n) is 4.66. The molecule has 2 rings (SSSR count). The molecule has 112 valence electrons. The summed E-state index contributed by atoms with van der Waals surface area (Å²) in [5, 5.41) is 3.19. The van der Waals surface area contributed by atoms with E-state index in [0.29, 0.717) is 18.9 Å². The van der Waals surface area contributed by atoms with Gasteiger partial charge in [0.25, 0.3) is 0 Å². The van der Waals surface area contributed by atoms with E-state index in [9.17, 15) is 4.39 Å². The average Bonchev–Trinajstić information content (AvgIpc) is 2.51. The van der Waals surface area contributed by atoms with E-state index >= 15 is 0 Å². The van der Waals surface area contributed by atoms with Crippen molar-refractivity contribution in [2.24, 2.45) is 0 Å². The van der Waals surface area contributed by atoms with Crippen LogP contribution in [-0.2, 0) is 6.54 Å². The van der Waals surface area contributed by atoms with Crippen molar-refractivity contribution in [2.45, 2.75) is 19.9 Å². The smallest absolute Gasteiger partial charge is 0.166 e. The highest BCUT2D eigenvalue weighted by molar-refractivity contribution is 5.50. The van der Waals surface area contributed by atoms with Crippen LogP contribution in [0.2, 0.25) is 0 Å². The van der Waals surface area contributed by atoms with Gasteiger partial charge in [-0.1, -0.05) is 25.1 Å². The minimum Gasteiger partial charge on any atom is -0.493 e. The fourth-order valence-corrected chi connectivity index (χ4v) is 2.02. The number of methoxy groups -OCH3 is 1. The summed E-state index contributed by atoms with van der Waals surface area (Å²) in [6.45, 7) is 3.23. The topological polar surface area (TPSA) is 30.5 Å². The molecule has 0 bridgehead atoms. The predicted molar refractivity (Wildman–Crippen MR) is 82.5 cm³/mol. The highest BCUT2D eigenvalue weighted by Crippen LogP contribution is 2.31. The minimum absolute atomic E-state index is 0.256. The van der Waals surface area contributed by atoms with Gasteiger partial charge in [-0.15, -0.1) is 0 Å². The van der Waals surface area contributed by atoms with Gasteiger partial charge in [-0.05, 0) is 30.7 Å². The third-order valence-corrected chi connectivity index (χ3v) is 3.04. The first-order valence-corrected chi connectivity index (χ1v) is 7.02. The van der Waals surface area contributed by atoms with Crippen molar-refractivity contribution in [3.8, 4) is 11.5 Å². The first-order chi connectivity index (χ1) is 10.2. The van der Waals surface area contributed by atoms with Gasteiger partial charge in [-0.25, -0.2) is 4.39 Å². The normalized spacial score (nSPS) is 10.2. The number of anilines is 1. The van der Waals surface area contributed by atoms with Crippen LogP contribution >= 0.6 is 0 Å². The molecule has 2 aromatic carbocycles. The molecule has 2 aromatic rings. The van der Waals surface area contributed by atoms with Crippen LogP contribution in [0.1, 0.15) is 18.9 Å². The number of hydrogen-bond acceptors (Lipinski definition) is 3. The van der Waals surface area contributed by atoms with E-state index in [-0.39, 0.29) is 5.82 Å². The number of rotatable bonds is 7. The molecule has 21 heavy (non-hydrogen) atoms. The maximum Gasteiger partial charge on any atom is 0.166 e. The van der Waals surface area contributed by atoms with Crippen LogP contribution in [0.5, 0.6) is 11.5 Å². The zero-order chi connectivity index (χ0) is 15.1. The molecule has 0 aromatic heterocycles. The van der Waals surface area contributed by atoms with Gasteiger partial charge in [0.15, 0.2) is 11.5 Å². The van der Waals surface area contributed by atoms with E-state index in [1.165, 1.54) is 12.1 Å². The van der Waals surface area contributed by atoms with E-state index in [0.717, 1.165) is 23.4 Å². The second-order valence-corrected chi connectivity index (χ2v) is 4.66. The monoisotopic (exact) mass is 289 g/mol. The maximum atomic E-state index is 13.2. The first-order valence-electron chi connectivity index (χ1n) is 7.02. The quantitative estimate of drug-likeness (QED) is 0.827. The molecular formula is C17H20FNO2. The van der Waals surface area contributed by atoms with Gasteiger partial charge >= 0.3 is 0 Å². The lowest BCUT2D eigenvalue weighted by Gasteiger charge is -2.15. The predicted octanol–water partition coefficient (Wildman–Crippen LogP) is 4.24. The molecule has 0 saturated heterocycles. The molecule has 0 unspecified atom stereocenters. The van der Waals surface area contributed by atoms with Crippen molar-refractivity contribution < 1.29 is 13.9 Å². The minimum atomic E-state index is -0.256. The Morgan fingerprint density at radius 1 is 1.14 bits per heavy atom. The molecule has 4 heteroatoms. The Morgan fingerprint density at radius 2 is 1.95 bits per heavy atom. The molecule has 0 fully saturated rings. The van der Waals surface area contributed by atoms with Crippen LogP contribution in [0.25, 0.3) is 0 Å². The SMILES string of the molecule is CCCOc1c(CNc2cccc(F)c2)cccc1OC. The lowest BCUT2D eigenvalue weighted by molar-refractivity contribution is 0.291. The average molecular weight is 289 g/mol. The standard InChI is InChI=1S/C17H20FNO2/c1-3-10-21-17-13(6-4-9-16(17)20-2)12-19-15-8-5-7-14(18)11-15/h4-9,11,19H,3,10,12H2,1-2H3. The van der Waals surface area contributed by atoms with Crippen molar-refractivity contribution in [2.75, 3.05) is 19.0 Å². The third-order valence-electron chi connectivity index (χ3n) is 3.04. The van der Waals surface area contributed by atoms with Crippen molar-refractivity contribution >= 4 is 5.69 Å². The number of halogens is 1. The Balaban J connectivity index is 2.14. The highest BCUT2D eigenvalue weighted by Gasteiger charge is 2.10. The number of benzene rings is 2. The van der Waals surface area contributed by atoms with Gasteiger partial charge in [0, 0.05) is 17.8 Å². The summed E-state index contributed by atoms with van der Waals surface area (Å²) in [7, 11) is 1.62. The summed E-state index contributed by atoms with van der Waals surface area (Å²) in [6, 6.07) is 12.2. The van der Waals surface area contributed by atoms with E-state index < -0.39 is 0 Å². The van der Waals surface area contributed by atoms with Gasteiger partial charge in [-0.3, -0.25) is 0 Å². The first kappa shape index (κ1) is 15.2. The molecule has 0 aliphatic rings. The third kappa shape index (κ3) is 4.12. The van der Waals surface area contributed by atoms with Gasteiger partial charge in [-0.2, -0.15) is 0 Å². The van der Waals surface area contributed by atoms with Crippen molar-refractivity contribution in [3.63, 3.8) is 0 Å². The van der Waals surface area contributed by atoms with Gasteiger partial charge in [0.2, 0.25) is 0 Å². The zero-order valence-electron chi connectivity index (χ0n) is 12.4. The summed E-state index contributed by atoms with van der Waals surface area (Å²) in [4.78, 5) is 0. The Morgan fingerprint density at radius 3 is 2.67 bits per heavy atom. The van der Waals surface area contributed by atoms with Gasteiger partial charge < -0.3 is 14.8 Å². The molecule has 0 amide bonds. The Kier molecular flexibility index (Phi) is 5.43. The lowest BCUT2D eigenvalue weighted by atomic mass is 10.1. The molecule has 1 N–H and O–H groups in total. The van der Waals surface area contributed by atoms with Crippen LogP contribution < -0.4 is 14.8 Å². The largest absolute Gasteiger partial charge is 0.493 e. The number of para-hydroxylation sites is 1. The molecule has 0 spiro atoms. The van der Waals surface area contributed by atoms with Crippen LogP contribution in [0, 0.1) is 5.82 Å². The van der Waals surface area contributed by atoms with Crippen molar-refractivity contribution in [1.82, 2.24) is 0 Å². The van der Waals surface area contributed by atoms with Crippen LogP contribution in [0.4, 0.5) is 10.1 Å². The molecular weight excluding hydrogens is 269 g/mol. The fraction of sp³-hybridized carbons (Fsp3) is 0.294. The van der Waals surface area contributed by atoms with Crippen LogP contribution in [0.15, 0.2) is 42.5 Å². The summed E-state index contributed by atoms with van der Waals surface area (Å²) in [5.74, 6) is 1.20. The number of ether oxygens (including phenoxy) is 2. The summed E-state index contributed by atoms with van der Waals surface area (Å²) < 4.78 is 24.3. The molecule has 0 atom stereocenters. The summed E-state index contributed by atoms with van der Waals surface area (Å²) in [6.07, 6.45) is 0.925. The Labute approximate surface area is 124 Å². The van der Waals surface area contributed by atoms with E-state index in [1.807, 2.05) is 24.3 Å². The summed E-state index contributed by atoms with van der Waals surface area (Å²) in [5.41, 5.74) is 1.71. The molecule has 0 aliphatic carbocycles. The highest BCUT2D eigenvalue weighted by atomic mass is 19.1.